The van der Waals surface area contributed by atoms with E-state index in [0.717, 1.165) is 0 Å². The highest BCUT2D eigenvalue weighted by molar-refractivity contribution is 5.86. The van der Waals surface area contributed by atoms with Crippen molar-refractivity contribution in [3.63, 3.8) is 0 Å². The number of carbonyl (C=O) groups excluding carboxylic acids is 2. The maximum absolute atomic E-state index is 12.2. The van der Waals surface area contributed by atoms with E-state index < -0.39 is 41.0 Å². The van der Waals surface area contributed by atoms with Crippen LogP contribution in [0.4, 0.5) is 0 Å². The molecule has 150 valence electrons. The zero-order valence-electron chi connectivity index (χ0n) is 16.7. The van der Waals surface area contributed by atoms with Crippen molar-refractivity contribution < 1.29 is 33.7 Å². The highest BCUT2D eigenvalue weighted by Crippen LogP contribution is 2.54. The number of rotatable bonds is 4. The third-order valence-corrected chi connectivity index (χ3v) is 6.49. The van der Waals surface area contributed by atoms with Crippen LogP contribution in [0.25, 0.3) is 0 Å². The minimum atomic E-state index is -1.22. The Morgan fingerprint density at radius 1 is 1.08 bits per heavy atom. The summed E-state index contributed by atoms with van der Waals surface area (Å²) in [6.07, 6.45) is -0.859. The summed E-state index contributed by atoms with van der Waals surface area (Å²) in [7, 11) is 2.47. The van der Waals surface area contributed by atoms with Gasteiger partial charge in [-0.2, -0.15) is 5.06 Å². The van der Waals surface area contributed by atoms with Crippen molar-refractivity contribution in [1.29, 1.82) is 0 Å². The monoisotopic (exact) mass is 373 g/mol. The summed E-state index contributed by atoms with van der Waals surface area (Å²) in [6.45, 7) is 9.68. The van der Waals surface area contributed by atoms with Crippen LogP contribution in [-0.2, 0) is 28.5 Å². The number of hydrogen-bond donors (Lipinski definition) is 1. The third-order valence-electron chi connectivity index (χ3n) is 6.49. The molecule has 5 atom stereocenters. The summed E-state index contributed by atoms with van der Waals surface area (Å²) in [4.78, 5) is 24.4. The Morgan fingerprint density at radius 2 is 1.54 bits per heavy atom. The van der Waals surface area contributed by atoms with Gasteiger partial charge in [0, 0.05) is 17.9 Å². The van der Waals surface area contributed by atoms with E-state index in [-0.39, 0.29) is 5.92 Å². The zero-order chi connectivity index (χ0) is 19.9. The quantitative estimate of drug-likeness (QED) is 0.747. The second-order valence-electron chi connectivity index (χ2n) is 7.71. The molecule has 1 N–H and O–H groups in total. The molecule has 0 saturated carbocycles. The van der Waals surface area contributed by atoms with Gasteiger partial charge in [0.1, 0.15) is 0 Å². The van der Waals surface area contributed by atoms with E-state index in [4.69, 9.17) is 18.9 Å². The standard InChI is InChI=1S/C18H31NO7/c1-8-16(4)10-18(11(3)17(5,9-2)19(16)22)25-12(14(20)23-6)13(26-18)15(21)24-7/h11-13,22H,8-10H2,1-7H3. The fraction of sp³-hybridized carbons (Fsp3) is 0.889. The minimum Gasteiger partial charge on any atom is -0.467 e. The molecule has 0 aromatic heterocycles. The van der Waals surface area contributed by atoms with Crippen molar-refractivity contribution in [2.24, 2.45) is 5.92 Å². The van der Waals surface area contributed by atoms with Gasteiger partial charge in [0.25, 0.3) is 0 Å². The van der Waals surface area contributed by atoms with E-state index in [1.807, 2.05) is 34.6 Å². The van der Waals surface area contributed by atoms with Crippen molar-refractivity contribution in [2.45, 2.75) is 83.0 Å². The normalized spacial score (nSPS) is 43.5. The topological polar surface area (TPSA) is 94.5 Å². The molecule has 5 unspecified atom stereocenters. The molecular formula is C18H31NO7. The van der Waals surface area contributed by atoms with Gasteiger partial charge in [-0.25, -0.2) is 9.59 Å². The number of carbonyl (C=O) groups is 2. The molecule has 0 aromatic rings. The van der Waals surface area contributed by atoms with E-state index in [0.29, 0.717) is 19.3 Å². The van der Waals surface area contributed by atoms with Gasteiger partial charge in [0.15, 0.2) is 18.0 Å². The first-order chi connectivity index (χ1) is 12.0. The second kappa shape index (κ2) is 7.07. The largest absolute Gasteiger partial charge is 0.467 e. The van der Waals surface area contributed by atoms with Crippen LogP contribution in [0, 0.1) is 5.92 Å². The molecule has 2 rings (SSSR count). The molecule has 2 saturated heterocycles. The Bertz CT molecular complexity index is 544. The van der Waals surface area contributed by atoms with Crippen LogP contribution < -0.4 is 0 Å². The van der Waals surface area contributed by atoms with Gasteiger partial charge in [-0.15, -0.1) is 0 Å². The second-order valence-corrected chi connectivity index (χ2v) is 7.71. The van der Waals surface area contributed by atoms with Gasteiger partial charge in [-0.3, -0.25) is 0 Å². The molecular weight excluding hydrogens is 342 g/mol. The van der Waals surface area contributed by atoms with Crippen LogP contribution in [0.15, 0.2) is 0 Å². The number of piperidine rings is 1. The first-order valence-electron chi connectivity index (χ1n) is 9.05. The first kappa shape index (κ1) is 21.1. The van der Waals surface area contributed by atoms with E-state index >= 15 is 0 Å². The predicted molar refractivity (Wildman–Crippen MR) is 91.3 cm³/mol. The summed E-state index contributed by atoms with van der Waals surface area (Å²) in [5, 5.41) is 12.3. The van der Waals surface area contributed by atoms with Gasteiger partial charge >= 0.3 is 11.9 Å². The van der Waals surface area contributed by atoms with Gasteiger partial charge in [-0.05, 0) is 26.7 Å². The summed E-state index contributed by atoms with van der Waals surface area (Å²) in [5.74, 6) is -2.92. The Labute approximate surface area is 154 Å². The van der Waals surface area contributed by atoms with Crippen molar-refractivity contribution in [3.05, 3.63) is 0 Å². The van der Waals surface area contributed by atoms with Gasteiger partial charge in [0.2, 0.25) is 0 Å². The third kappa shape index (κ3) is 2.93. The van der Waals surface area contributed by atoms with Crippen molar-refractivity contribution in [3.8, 4) is 0 Å². The summed E-state index contributed by atoms with van der Waals surface area (Å²) >= 11 is 0. The highest BCUT2D eigenvalue weighted by atomic mass is 16.8. The number of hydrogen-bond acceptors (Lipinski definition) is 8. The summed E-state index contributed by atoms with van der Waals surface area (Å²) in [6, 6.07) is 0. The first-order valence-corrected chi connectivity index (χ1v) is 9.05. The lowest BCUT2D eigenvalue weighted by Gasteiger charge is -2.60. The van der Waals surface area contributed by atoms with E-state index in [1.54, 1.807) is 0 Å². The fourth-order valence-electron chi connectivity index (χ4n) is 4.21. The number of ether oxygens (including phenoxy) is 4. The zero-order valence-corrected chi connectivity index (χ0v) is 16.7. The van der Waals surface area contributed by atoms with Crippen LogP contribution in [0.3, 0.4) is 0 Å². The molecule has 2 fully saturated rings. The Balaban J connectivity index is 2.52. The van der Waals surface area contributed by atoms with Crippen LogP contribution in [0.5, 0.6) is 0 Å². The summed E-state index contributed by atoms with van der Waals surface area (Å²) < 4.78 is 21.8. The van der Waals surface area contributed by atoms with Crippen LogP contribution in [0.2, 0.25) is 0 Å². The predicted octanol–water partition coefficient (Wildman–Crippen LogP) is 1.88. The Kier molecular flexibility index (Phi) is 5.73. The molecule has 2 heterocycles. The molecule has 2 aliphatic rings. The number of esters is 2. The molecule has 0 radical (unpaired) electrons. The molecule has 8 heteroatoms. The number of nitrogens with zero attached hydrogens (tertiary/aromatic N) is 1. The lowest BCUT2D eigenvalue weighted by molar-refractivity contribution is -0.353. The molecule has 1 spiro atoms. The molecule has 0 aromatic carbocycles. The van der Waals surface area contributed by atoms with Crippen LogP contribution >= 0.6 is 0 Å². The van der Waals surface area contributed by atoms with Crippen LogP contribution in [-0.4, -0.2) is 65.5 Å². The summed E-state index contributed by atoms with van der Waals surface area (Å²) in [5.41, 5.74) is -1.32. The van der Waals surface area contributed by atoms with Gasteiger partial charge in [0.05, 0.1) is 19.8 Å². The highest BCUT2D eigenvalue weighted by Gasteiger charge is 2.67. The maximum Gasteiger partial charge on any atom is 0.338 e. The smallest absolute Gasteiger partial charge is 0.338 e. The number of methoxy groups -OCH3 is 2. The molecule has 0 bridgehead atoms. The average Bonchev–Trinajstić information content (AvgIpc) is 3.03. The van der Waals surface area contributed by atoms with E-state index in [1.165, 1.54) is 19.3 Å². The van der Waals surface area contributed by atoms with E-state index in [9.17, 15) is 14.8 Å². The van der Waals surface area contributed by atoms with Crippen LogP contribution in [0.1, 0.15) is 53.9 Å². The lowest BCUT2D eigenvalue weighted by Crippen LogP contribution is -2.71. The van der Waals surface area contributed by atoms with E-state index in [2.05, 4.69) is 0 Å². The van der Waals surface area contributed by atoms with Crippen molar-refractivity contribution >= 4 is 11.9 Å². The minimum absolute atomic E-state index is 0.296. The average molecular weight is 373 g/mol. The Hall–Kier alpha value is -1.22. The molecule has 26 heavy (non-hydrogen) atoms. The molecule has 0 amide bonds. The van der Waals surface area contributed by atoms with Crippen molar-refractivity contribution in [1.82, 2.24) is 5.06 Å². The molecule has 2 aliphatic heterocycles. The molecule has 0 aliphatic carbocycles. The Morgan fingerprint density at radius 3 is 1.88 bits per heavy atom. The lowest BCUT2D eigenvalue weighted by atomic mass is 9.67. The maximum atomic E-state index is 12.2. The molecule has 8 nitrogen and oxygen atoms in total. The number of hydroxylamine groups is 2. The van der Waals surface area contributed by atoms with Crippen molar-refractivity contribution in [2.75, 3.05) is 14.2 Å². The SMILES string of the molecule is CCC1(C)CC2(OC(C(=O)OC)C(C(=O)OC)O2)C(C)C(C)(CC)N1O. The van der Waals surface area contributed by atoms with Gasteiger partial charge < -0.3 is 24.2 Å². The van der Waals surface area contributed by atoms with Gasteiger partial charge in [-0.1, -0.05) is 20.8 Å². The fourth-order valence-corrected chi connectivity index (χ4v) is 4.21.